The summed E-state index contributed by atoms with van der Waals surface area (Å²) in [7, 11) is -2.84. The van der Waals surface area contributed by atoms with Gasteiger partial charge in [0.2, 0.25) is 7.37 Å². The molecule has 0 radical (unpaired) electrons. The molecule has 0 heterocycles. The molecule has 1 aliphatic carbocycles. The molecule has 0 aromatic heterocycles. The summed E-state index contributed by atoms with van der Waals surface area (Å²) in [5.41, 5.74) is 0. The minimum atomic E-state index is -2.84. The Bertz CT molecular complexity index is 196. The van der Waals surface area contributed by atoms with Gasteiger partial charge in [-0.2, -0.15) is 0 Å². The lowest BCUT2D eigenvalue weighted by molar-refractivity contribution is 0.480. The lowest BCUT2D eigenvalue weighted by atomic mass is 10.1. The molecule has 0 saturated carbocycles. The predicted octanol–water partition coefficient (Wildman–Crippen LogP) is 2.34. The fraction of sp³-hybridized carbons (Fsp3) is 0.714. The molecule has 1 unspecified atom stereocenters. The molecule has 1 rings (SSSR count). The topological polar surface area (TPSA) is 37.3 Å². The molecule has 0 aromatic rings. The van der Waals surface area contributed by atoms with Gasteiger partial charge in [0.25, 0.3) is 0 Å². The van der Waals surface area contributed by atoms with Crippen molar-refractivity contribution in [1.29, 1.82) is 0 Å². The maximum atomic E-state index is 11.3. The minimum Gasteiger partial charge on any atom is -0.341 e. The summed E-state index contributed by atoms with van der Waals surface area (Å²) in [6, 6.07) is 0. The summed E-state index contributed by atoms with van der Waals surface area (Å²) < 4.78 is 11.3. The van der Waals surface area contributed by atoms with Crippen LogP contribution in [0.1, 0.15) is 26.2 Å². The quantitative estimate of drug-likeness (QED) is 0.643. The minimum absolute atomic E-state index is 0.457. The second-order valence-corrected chi connectivity index (χ2v) is 5.08. The van der Waals surface area contributed by atoms with E-state index in [1.165, 1.54) is 0 Å². The van der Waals surface area contributed by atoms with E-state index in [1.807, 2.05) is 13.0 Å². The van der Waals surface area contributed by atoms with Crippen molar-refractivity contribution >= 4 is 7.37 Å². The second-order valence-electron chi connectivity index (χ2n) is 2.66. The van der Waals surface area contributed by atoms with Crippen LogP contribution in [0.4, 0.5) is 0 Å². The van der Waals surface area contributed by atoms with Crippen LogP contribution < -0.4 is 0 Å². The fourth-order valence-electron chi connectivity index (χ4n) is 1.04. The van der Waals surface area contributed by atoms with Crippen molar-refractivity contribution in [2.75, 3.05) is 6.16 Å². The highest BCUT2D eigenvalue weighted by Gasteiger charge is 2.25. The first-order valence-electron chi connectivity index (χ1n) is 3.68. The smallest absolute Gasteiger partial charge is 0.225 e. The van der Waals surface area contributed by atoms with Gasteiger partial charge in [0.15, 0.2) is 0 Å². The molecule has 0 aliphatic heterocycles. The van der Waals surface area contributed by atoms with E-state index < -0.39 is 7.37 Å². The zero-order chi connectivity index (χ0) is 7.61. The molecule has 0 saturated heterocycles. The van der Waals surface area contributed by atoms with E-state index in [2.05, 4.69) is 0 Å². The Morgan fingerprint density at radius 3 is 2.70 bits per heavy atom. The SMILES string of the molecule is CCCP(=O)(O)C1=CCC1. The summed E-state index contributed by atoms with van der Waals surface area (Å²) in [6.07, 6.45) is 4.97. The molecule has 0 amide bonds. The lowest BCUT2D eigenvalue weighted by Crippen LogP contribution is -1.98. The molecule has 3 heteroatoms. The lowest BCUT2D eigenvalue weighted by Gasteiger charge is -2.19. The van der Waals surface area contributed by atoms with Crippen molar-refractivity contribution in [3.05, 3.63) is 11.4 Å². The van der Waals surface area contributed by atoms with Gasteiger partial charge in [0, 0.05) is 11.5 Å². The van der Waals surface area contributed by atoms with E-state index >= 15 is 0 Å². The van der Waals surface area contributed by atoms with E-state index in [0.29, 0.717) is 6.16 Å². The third kappa shape index (κ3) is 1.50. The summed E-state index contributed by atoms with van der Waals surface area (Å²) >= 11 is 0. The largest absolute Gasteiger partial charge is 0.341 e. The number of hydrogen-bond donors (Lipinski definition) is 1. The van der Waals surface area contributed by atoms with Crippen LogP contribution in [-0.4, -0.2) is 11.1 Å². The van der Waals surface area contributed by atoms with E-state index in [1.54, 1.807) is 0 Å². The Morgan fingerprint density at radius 2 is 2.40 bits per heavy atom. The van der Waals surface area contributed by atoms with E-state index in [0.717, 1.165) is 24.6 Å². The highest BCUT2D eigenvalue weighted by molar-refractivity contribution is 7.62. The maximum Gasteiger partial charge on any atom is 0.225 e. The summed E-state index contributed by atoms with van der Waals surface area (Å²) in [6.45, 7) is 1.93. The fourth-order valence-corrected chi connectivity index (χ4v) is 2.82. The molecule has 0 fully saturated rings. The van der Waals surface area contributed by atoms with Crippen LogP contribution in [0.15, 0.2) is 11.4 Å². The van der Waals surface area contributed by atoms with Gasteiger partial charge in [-0.3, -0.25) is 4.57 Å². The van der Waals surface area contributed by atoms with Gasteiger partial charge in [0.05, 0.1) is 0 Å². The first-order valence-corrected chi connectivity index (χ1v) is 5.52. The van der Waals surface area contributed by atoms with Gasteiger partial charge in [-0.05, 0) is 19.3 Å². The summed E-state index contributed by atoms with van der Waals surface area (Å²) in [5, 5.41) is 0.800. The number of rotatable bonds is 3. The Hall–Kier alpha value is -0.0700. The average molecular weight is 160 g/mol. The third-order valence-electron chi connectivity index (χ3n) is 1.76. The molecular weight excluding hydrogens is 147 g/mol. The Balaban J connectivity index is 2.58. The number of allylic oxidation sites excluding steroid dienone is 2. The van der Waals surface area contributed by atoms with Crippen molar-refractivity contribution in [2.45, 2.75) is 26.2 Å². The van der Waals surface area contributed by atoms with Crippen LogP contribution in [0.2, 0.25) is 0 Å². The van der Waals surface area contributed by atoms with Crippen LogP contribution in [0.3, 0.4) is 0 Å². The normalized spacial score (nSPS) is 22.8. The van der Waals surface area contributed by atoms with Crippen molar-refractivity contribution < 1.29 is 9.46 Å². The van der Waals surface area contributed by atoms with Gasteiger partial charge in [-0.15, -0.1) is 0 Å². The van der Waals surface area contributed by atoms with Crippen LogP contribution >= 0.6 is 7.37 Å². The Morgan fingerprint density at radius 1 is 1.80 bits per heavy atom. The van der Waals surface area contributed by atoms with Gasteiger partial charge in [-0.25, -0.2) is 0 Å². The monoisotopic (exact) mass is 160 g/mol. The highest BCUT2D eigenvalue weighted by atomic mass is 31.2. The van der Waals surface area contributed by atoms with Gasteiger partial charge in [-0.1, -0.05) is 13.0 Å². The third-order valence-corrected chi connectivity index (χ3v) is 4.11. The van der Waals surface area contributed by atoms with Crippen molar-refractivity contribution in [1.82, 2.24) is 0 Å². The molecule has 0 aromatic carbocycles. The molecular formula is C7H13O2P. The van der Waals surface area contributed by atoms with Crippen molar-refractivity contribution in [2.24, 2.45) is 0 Å². The first kappa shape index (κ1) is 8.03. The molecule has 1 atom stereocenters. The van der Waals surface area contributed by atoms with Crippen LogP contribution in [0, 0.1) is 0 Å². The molecule has 1 aliphatic rings. The number of hydrogen-bond acceptors (Lipinski definition) is 1. The highest BCUT2D eigenvalue weighted by Crippen LogP contribution is 2.55. The molecule has 0 spiro atoms. The van der Waals surface area contributed by atoms with Crippen molar-refractivity contribution in [3.63, 3.8) is 0 Å². The standard InChI is InChI=1S/C7H13O2P/c1-2-6-10(8,9)7-4-3-5-7/h4H,2-3,5-6H2,1H3,(H,8,9). The van der Waals surface area contributed by atoms with Crippen LogP contribution in [-0.2, 0) is 4.57 Å². The Kier molecular flexibility index (Phi) is 2.32. The Labute approximate surface area is 61.4 Å². The molecule has 1 N–H and O–H groups in total. The average Bonchev–Trinajstić information content (AvgIpc) is 1.56. The molecule has 0 bridgehead atoms. The van der Waals surface area contributed by atoms with Gasteiger partial charge in [0.1, 0.15) is 0 Å². The van der Waals surface area contributed by atoms with Gasteiger partial charge >= 0.3 is 0 Å². The summed E-state index contributed by atoms with van der Waals surface area (Å²) in [5.74, 6) is 0. The zero-order valence-corrected chi connectivity index (χ0v) is 7.10. The predicted molar refractivity (Wildman–Crippen MR) is 42.3 cm³/mol. The van der Waals surface area contributed by atoms with Crippen LogP contribution in [0.25, 0.3) is 0 Å². The maximum absolute atomic E-state index is 11.3. The molecule has 2 nitrogen and oxygen atoms in total. The van der Waals surface area contributed by atoms with Crippen LogP contribution in [0.5, 0.6) is 0 Å². The zero-order valence-electron chi connectivity index (χ0n) is 6.21. The molecule has 58 valence electrons. The molecule has 10 heavy (non-hydrogen) atoms. The first-order chi connectivity index (χ1) is 4.67. The second kappa shape index (κ2) is 2.89. The van der Waals surface area contributed by atoms with E-state index in [4.69, 9.17) is 0 Å². The van der Waals surface area contributed by atoms with E-state index in [9.17, 15) is 9.46 Å². The summed E-state index contributed by atoms with van der Waals surface area (Å²) in [4.78, 5) is 9.32. The van der Waals surface area contributed by atoms with E-state index in [-0.39, 0.29) is 0 Å². The van der Waals surface area contributed by atoms with Crippen molar-refractivity contribution in [3.8, 4) is 0 Å². The van der Waals surface area contributed by atoms with Gasteiger partial charge < -0.3 is 4.89 Å².